The molecule has 3 N–H and O–H groups in total. The molecule has 1 fully saturated rings. The van der Waals surface area contributed by atoms with E-state index in [9.17, 15) is 9.18 Å². The third-order valence-corrected chi connectivity index (χ3v) is 3.16. The van der Waals surface area contributed by atoms with Crippen molar-refractivity contribution in [2.75, 3.05) is 25.0 Å². The minimum atomic E-state index is -0.246. The summed E-state index contributed by atoms with van der Waals surface area (Å²) in [6.45, 7) is 1.49. The van der Waals surface area contributed by atoms with Crippen LogP contribution in [-0.2, 0) is 4.79 Å². The molecule has 0 spiro atoms. The molecule has 0 bridgehead atoms. The maximum absolute atomic E-state index is 12.8. The van der Waals surface area contributed by atoms with Crippen LogP contribution in [0.4, 0.5) is 10.1 Å². The van der Waals surface area contributed by atoms with Crippen LogP contribution in [0.25, 0.3) is 0 Å². The summed E-state index contributed by atoms with van der Waals surface area (Å²) in [5, 5.41) is 3.32. The molecule has 0 saturated carbocycles. The van der Waals surface area contributed by atoms with E-state index in [2.05, 4.69) is 5.32 Å². The monoisotopic (exact) mass is 251 g/mol. The zero-order valence-corrected chi connectivity index (χ0v) is 10.2. The number of likely N-dealkylation sites (tertiary alicyclic amines) is 1. The van der Waals surface area contributed by atoms with E-state index in [1.807, 2.05) is 0 Å². The van der Waals surface area contributed by atoms with Crippen molar-refractivity contribution in [3.05, 3.63) is 30.1 Å². The number of carbonyl (C=O) groups is 1. The second-order valence-corrected chi connectivity index (χ2v) is 4.53. The Morgan fingerprint density at radius 2 is 2.17 bits per heavy atom. The second kappa shape index (κ2) is 5.82. The smallest absolute Gasteiger partial charge is 0.236 e. The van der Waals surface area contributed by atoms with Crippen molar-refractivity contribution in [2.45, 2.75) is 18.9 Å². The summed E-state index contributed by atoms with van der Waals surface area (Å²) >= 11 is 0. The van der Waals surface area contributed by atoms with Crippen LogP contribution in [0, 0.1) is 5.82 Å². The van der Waals surface area contributed by atoms with Gasteiger partial charge in [-0.15, -0.1) is 0 Å². The van der Waals surface area contributed by atoms with Crippen molar-refractivity contribution < 1.29 is 9.18 Å². The molecule has 1 amide bonds. The lowest BCUT2D eigenvalue weighted by molar-refractivity contribution is -0.130. The number of carbonyl (C=O) groups excluding carboxylic acids is 1. The first kappa shape index (κ1) is 12.8. The standard InChI is InChI=1S/C13H18FN3O/c14-10-3-5-11(6-4-10)16-12-2-1-7-17(9-12)13(18)8-15/h3-6,12,16H,1-2,7-9,15H2. The average Bonchev–Trinajstić information content (AvgIpc) is 2.41. The van der Waals surface area contributed by atoms with Crippen molar-refractivity contribution in [3.8, 4) is 0 Å². The molecular weight excluding hydrogens is 233 g/mol. The van der Waals surface area contributed by atoms with E-state index in [1.165, 1.54) is 12.1 Å². The maximum atomic E-state index is 12.8. The van der Waals surface area contributed by atoms with E-state index in [0.717, 1.165) is 25.1 Å². The summed E-state index contributed by atoms with van der Waals surface area (Å²) in [4.78, 5) is 13.3. The van der Waals surface area contributed by atoms with Gasteiger partial charge in [-0.25, -0.2) is 4.39 Å². The molecular formula is C13H18FN3O. The van der Waals surface area contributed by atoms with Gasteiger partial charge < -0.3 is 16.0 Å². The molecule has 1 atom stereocenters. The zero-order valence-electron chi connectivity index (χ0n) is 10.2. The van der Waals surface area contributed by atoms with Gasteiger partial charge in [0.2, 0.25) is 5.91 Å². The topological polar surface area (TPSA) is 58.4 Å². The summed E-state index contributed by atoms with van der Waals surface area (Å²) in [6.07, 6.45) is 1.97. The van der Waals surface area contributed by atoms with Gasteiger partial charge in [-0.2, -0.15) is 0 Å². The molecule has 18 heavy (non-hydrogen) atoms. The molecule has 0 aromatic heterocycles. The van der Waals surface area contributed by atoms with Crippen molar-refractivity contribution in [1.29, 1.82) is 0 Å². The number of amides is 1. The average molecular weight is 251 g/mol. The van der Waals surface area contributed by atoms with Gasteiger partial charge in [0.25, 0.3) is 0 Å². The number of piperidine rings is 1. The Balaban J connectivity index is 1.93. The van der Waals surface area contributed by atoms with Crippen LogP contribution in [0.15, 0.2) is 24.3 Å². The first-order valence-corrected chi connectivity index (χ1v) is 6.19. The number of anilines is 1. The molecule has 4 nitrogen and oxygen atoms in total. The maximum Gasteiger partial charge on any atom is 0.236 e. The molecule has 1 heterocycles. The van der Waals surface area contributed by atoms with E-state index >= 15 is 0 Å². The molecule has 0 radical (unpaired) electrons. The number of nitrogens with one attached hydrogen (secondary N) is 1. The van der Waals surface area contributed by atoms with Crippen molar-refractivity contribution >= 4 is 11.6 Å². The van der Waals surface area contributed by atoms with Gasteiger partial charge in [0.15, 0.2) is 0 Å². The Kier molecular flexibility index (Phi) is 4.15. The highest BCUT2D eigenvalue weighted by Crippen LogP contribution is 2.16. The first-order valence-electron chi connectivity index (χ1n) is 6.19. The van der Waals surface area contributed by atoms with Gasteiger partial charge in [0.05, 0.1) is 6.54 Å². The number of hydrogen-bond acceptors (Lipinski definition) is 3. The normalized spacial score (nSPS) is 19.7. The van der Waals surface area contributed by atoms with Crippen molar-refractivity contribution in [2.24, 2.45) is 5.73 Å². The number of halogens is 1. The third-order valence-electron chi connectivity index (χ3n) is 3.16. The van der Waals surface area contributed by atoms with Crippen molar-refractivity contribution in [1.82, 2.24) is 4.90 Å². The van der Waals surface area contributed by atoms with E-state index in [4.69, 9.17) is 5.73 Å². The van der Waals surface area contributed by atoms with Gasteiger partial charge >= 0.3 is 0 Å². The molecule has 1 unspecified atom stereocenters. The number of hydrogen-bond donors (Lipinski definition) is 2. The predicted molar refractivity (Wildman–Crippen MR) is 68.7 cm³/mol. The minimum Gasteiger partial charge on any atom is -0.381 e. The Bertz CT molecular complexity index is 407. The number of benzene rings is 1. The molecule has 1 aliphatic rings. The van der Waals surface area contributed by atoms with Crippen LogP contribution < -0.4 is 11.1 Å². The largest absolute Gasteiger partial charge is 0.381 e. The SMILES string of the molecule is NCC(=O)N1CCCC(Nc2ccc(F)cc2)C1. The first-order chi connectivity index (χ1) is 8.69. The van der Waals surface area contributed by atoms with Crippen LogP contribution in [-0.4, -0.2) is 36.5 Å². The van der Waals surface area contributed by atoms with Crippen LogP contribution in [0.1, 0.15) is 12.8 Å². The fourth-order valence-corrected chi connectivity index (χ4v) is 2.23. The minimum absolute atomic E-state index is 0.0133. The molecule has 1 aliphatic heterocycles. The van der Waals surface area contributed by atoms with E-state index < -0.39 is 0 Å². The predicted octanol–water partition coefficient (Wildman–Crippen LogP) is 1.19. The van der Waals surface area contributed by atoms with Gasteiger partial charge in [0.1, 0.15) is 5.82 Å². The van der Waals surface area contributed by atoms with Gasteiger partial charge in [0, 0.05) is 24.8 Å². The van der Waals surface area contributed by atoms with Gasteiger partial charge in [-0.3, -0.25) is 4.79 Å². The van der Waals surface area contributed by atoms with Crippen LogP contribution in [0.2, 0.25) is 0 Å². The van der Waals surface area contributed by atoms with Crippen LogP contribution >= 0.6 is 0 Å². The lowest BCUT2D eigenvalue weighted by Gasteiger charge is -2.33. The summed E-state index contributed by atoms with van der Waals surface area (Å²) in [7, 11) is 0. The highest BCUT2D eigenvalue weighted by molar-refractivity contribution is 5.78. The molecule has 1 aromatic carbocycles. The molecule has 2 rings (SSSR count). The van der Waals surface area contributed by atoms with E-state index in [-0.39, 0.29) is 24.3 Å². The highest BCUT2D eigenvalue weighted by atomic mass is 19.1. The summed E-state index contributed by atoms with van der Waals surface area (Å²) < 4.78 is 12.8. The zero-order chi connectivity index (χ0) is 13.0. The summed E-state index contributed by atoms with van der Waals surface area (Å²) in [5.41, 5.74) is 6.24. The molecule has 1 aromatic rings. The number of nitrogens with two attached hydrogens (primary N) is 1. The van der Waals surface area contributed by atoms with Crippen LogP contribution in [0.5, 0.6) is 0 Å². The number of nitrogens with zero attached hydrogens (tertiary/aromatic N) is 1. The molecule has 5 heteroatoms. The van der Waals surface area contributed by atoms with E-state index in [0.29, 0.717) is 6.54 Å². The Labute approximate surface area is 106 Å². The fourth-order valence-electron chi connectivity index (χ4n) is 2.23. The summed E-state index contributed by atoms with van der Waals surface area (Å²) in [6, 6.07) is 6.47. The lowest BCUT2D eigenvalue weighted by Crippen LogP contribution is -2.47. The van der Waals surface area contributed by atoms with E-state index in [1.54, 1.807) is 17.0 Å². The number of rotatable bonds is 3. The molecule has 0 aliphatic carbocycles. The van der Waals surface area contributed by atoms with Gasteiger partial charge in [-0.1, -0.05) is 0 Å². The lowest BCUT2D eigenvalue weighted by atomic mass is 10.1. The second-order valence-electron chi connectivity index (χ2n) is 4.53. The summed E-state index contributed by atoms with van der Waals surface area (Å²) in [5.74, 6) is -0.260. The fraction of sp³-hybridized carbons (Fsp3) is 0.462. The Morgan fingerprint density at radius 1 is 1.44 bits per heavy atom. The Hall–Kier alpha value is -1.62. The quantitative estimate of drug-likeness (QED) is 0.848. The van der Waals surface area contributed by atoms with Gasteiger partial charge in [-0.05, 0) is 37.1 Å². The van der Waals surface area contributed by atoms with Crippen LogP contribution in [0.3, 0.4) is 0 Å². The molecule has 1 saturated heterocycles. The third kappa shape index (κ3) is 3.20. The van der Waals surface area contributed by atoms with Crippen molar-refractivity contribution in [3.63, 3.8) is 0 Å². The molecule has 98 valence electrons. The Morgan fingerprint density at radius 3 is 2.83 bits per heavy atom. The highest BCUT2D eigenvalue weighted by Gasteiger charge is 2.22.